The summed E-state index contributed by atoms with van der Waals surface area (Å²) in [4.78, 5) is 27.3. The molecule has 1 aliphatic heterocycles. The monoisotopic (exact) mass is 377 g/mol. The maximum Gasteiger partial charge on any atom is 0.329 e. The van der Waals surface area contributed by atoms with E-state index < -0.39 is 0 Å². The number of para-hydroxylation sites is 2. The van der Waals surface area contributed by atoms with Crippen molar-refractivity contribution in [3.05, 3.63) is 70.6 Å². The minimum absolute atomic E-state index is 0.0416. The van der Waals surface area contributed by atoms with Gasteiger partial charge in [0, 0.05) is 20.1 Å². The Kier molecular flexibility index (Phi) is 5.33. The fraction of sp³-hybridized carbons (Fsp3) is 0.391. The summed E-state index contributed by atoms with van der Waals surface area (Å²) in [6.07, 6.45) is 4.37. The summed E-state index contributed by atoms with van der Waals surface area (Å²) in [5, 5.41) is 0. The predicted molar refractivity (Wildman–Crippen MR) is 111 cm³/mol. The van der Waals surface area contributed by atoms with Gasteiger partial charge in [0.15, 0.2) is 0 Å². The lowest BCUT2D eigenvalue weighted by molar-refractivity contribution is -0.133. The van der Waals surface area contributed by atoms with Crippen LogP contribution in [-0.2, 0) is 24.8 Å². The van der Waals surface area contributed by atoms with Crippen molar-refractivity contribution in [3.63, 3.8) is 0 Å². The Balaban J connectivity index is 1.35. The number of carbonyl (C=O) groups excluding carboxylic acids is 1. The summed E-state index contributed by atoms with van der Waals surface area (Å²) in [5.74, 6) is 0.712. The number of fused-ring (bicyclic) bond motifs is 1. The lowest BCUT2D eigenvalue weighted by atomic mass is 9.90. The molecule has 0 atom stereocenters. The Morgan fingerprint density at radius 3 is 2.32 bits per heavy atom. The molecule has 1 aromatic heterocycles. The van der Waals surface area contributed by atoms with Crippen LogP contribution in [0.1, 0.15) is 24.8 Å². The van der Waals surface area contributed by atoms with E-state index in [4.69, 9.17) is 0 Å². The Bertz CT molecular complexity index is 1010. The van der Waals surface area contributed by atoms with E-state index in [1.807, 2.05) is 29.2 Å². The van der Waals surface area contributed by atoms with Gasteiger partial charge in [0.05, 0.1) is 11.0 Å². The first-order valence-electron chi connectivity index (χ1n) is 10.1. The summed E-state index contributed by atoms with van der Waals surface area (Å²) in [6.45, 7) is 1.70. The Morgan fingerprint density at radius 2 is 1.61 bits per heavy atom. The van der Waals surface area contributed by atoms with E-state index in [2.05, 4.69) is 30.3 Å². The molecule has 1 fully saturated rings. The Labute approximate surface area is 165 Å². The van der Waals surface area contributed by atoms with Crippen LogP contribution in [0.2, 0.25) is 0 Å². The molecule has 5 nitrogen and oxygen atoms in total. The topological polar surface area (TPSA) is 47.2 Å². The number of imidazole rings is 1. The Morgan fingerprint density at radius 1 is 0.964 bits per heavy atom. The van der Waals surface area contributed by atoms with Gasteiger partial charge < -0.3 is 4.90 Å². The number of likely N-dealkylation sites (tertiary alicyclic amines) is 1. The Hall–Kier alpha value is -2.82. The largest absolute Gasteiger partial charge is 0.341 e. The van der Waals surface area contributed by atoms with Gasteiger partial charge in [0.2, 0.25) is 5.91 Å². The zero-order valence-electron chi connectivity index (χ0n) is 16.4. The molecular weight excluding hydrogens is 350 g/mol. The van der Waals surface area contributed by atoms with Crippen molar-refractivity contribution >= 4 is 16.9 Å². The molecule has 0 aliphatic carbocycles. The standard InChI is InChI=1S/C23H27N3O2/c1-24-20-9-5-6-10-21(20)26(23(24)28)17-22(27)25-15-13-19(14-16-25)12-11-18-7-3-2-4-8-18/h2-10,19H,11-17H2,1H3. The van der Waals surface area contributed by atoms with Crippen LogP contribution in [0.25, 0.3) is 11.0 Å². The fourth-order valence-electron chi connectivity index (χ4n) is 4.24. The van der Waals surface area contributed by atoms with E-state index in [-0.39, 0.29) is 18.1 Å². The number of benzene rings is 2. The van der Waals surface area contributed by atoms with Gasteiger partial charge in [-0.3, -0.25) is 13.9 Å². The molecule has 0 unspecified atom stereocenters. The SMILES string of the molecule is Cn1c(=O)n(CC(=O)N2CCC(CCc3ccccc3)CC2)c2ccccc21. The van der Waals surface area contributed by atoms with Gasteiger partial charge in [-0.05, 0) is 49.3 Å². The molecule has 1 amide bonds. The van der Waals surface area contributed by atoms with E-state index in [1.165, 1.54) is 12.0 Å². The molecule has 1 aliphatic rings. The van der Waals surface area contributed by atoms with Crippen molar-refractivity contribution < 1.29 is 4.79 Å². The molecule has 2 heterocycles. The highest BCUT2D eigenvalue weighted by Crippen LogP contribution is 2.23. The maximum atomic E-state index is 12.8. The van der Waals surface area contributed by atoms with Crippen molar-refractivity contribution in [1.29, 1.82) is 0 Å². The molecule has 0 N–H and O–H groups in total. The second kappa shape index (κ2) is 8.05. The molecular formula is C23H27N3O2. The van der Waals surface area contributed by atoms with Crippen molar-refractivity contribution in [2.45, 2.75) is 32.2 Å². The fourth-order valence-corrected chi connectivity index (χ4v) is 4.24. The van der Waals surface area contributed by atoms with Crippen molar-refractivity contribution in [2.24, 2.45) is 13.0 Å². The zero-order valence-corrected chi connectivity index (χ0v) is 16.4. The number of carbonyl (C=O) groups is 1. The third kappa shape index (κ3) is 3.75. The zero-order chi connectivity index (χ0) is 19.5. The number of hydrogen-bond acceptors (Lipinski definition) is 2. The smallest absolute Gasteiger partial charge is 0.329 e. The van der Waals surface area contributed by atoms with Gasteiger partial charge in [-0.1, -0.05) is 42.5 Å². The highest BCUT2D eigenvalue weighted by atomic mass is 16.2. The molecule has 2 aromatic carbocycles. The molecule has 1 saturated heterocycles. The molecule has 28 heavy (non-hydrogen) atoms. The van der Waals surface area contributed by atoms with Gasteiger partial charge in [-0.2, -0.15) is 0 Å². The molecule has 3 aromatic rings. The van der Waals surface area contributed by atoms with E-state index >= 15 is 0 Å². The number of aromatic nitrogens is 2. The van der Waals surface area contributed by atoms with Crippen LogP contribution in [0.4, 0.5) is 0 Å². The average molecular weight is 377 g/mol. The normalized spacial score (nSPS) is 15.2. The maximum absolute atomic E-state index is 12.8. The summed E-state index contributed by atoms with van der Waals surface area (Å²) in [6, 6.07) is 18.2. The molecule has 0 spiro atoms. The summed E-state index contributed by atoms with van der Waals surface area (Å²) in [7, 11) is 1.75. The van der Waals surface area contributed by atoms with E-state index in [9.17, 15) is 9.59 Å². The quantitative estimate of drug-likeness (QED) is 0.685. The van der Waals surface area contributed by atoms with Crippen LogP contribution in [0, 0.1) is 5.92 Å². The number of piperidine rings is 1. The van der Waals surface area contributed by atoms with E-state index in [1.54, 1.807) is 16.2 Å². The van der Waals surface area contributed by atoms with Crippen LogP contribution >= 0.6 is 0 Å². The van der Waals surface area contributed by atoms with Crippen molar-refractivity contribution in [3.8, 4) is 0 Å². The molecule has 0 radical (unpaired) electrons. The summed E-state index contributed by atoms with van der Waals surface area (Å²) < 4.78 is 3.21. The van der Waals surface area contributed by atoms with Gasteiger partial charge >= 0.3 is 5.69 Å². The minimum Gasteiger partial charge on any atom is -0.341 e. The average Bonchev–Trinajstić information content (AvgIpc) is 2.98. The first-order chi connectivity index (χ1) is 13.6. The highest BCUT2D eigenvalue weighted by molar-refractivity contribution is 5.81. The number of hydrogen-bond donors (Lipinski definition) is 0. The van der Waals surface area contributed by atoms with Crippen molar-refractivity contribution in [2.75, 3.05) is 13.1 Å². The van der Waals surface area contributed by atoms with Crippen LogP contribution in [0.5, 0.6) is 0 Å². The number of amides is 1. The first-order valence-corrected chi connectivity index (χ1v) is 10.1. The summed E-state index contributed by atoms with van der Waals surface area (Å²) >= 11 is 0. The highest BCUT2D eigenvalue weighted by Gasteiger charge is 2.24. The molecule has 5 heteroatoms. The molecule has 0 bridgehead atoms. The van der Waals surface area contributed by atoms with Gasteiger partial charge in [0.1, 0.15) is 6.54 Å². The van der Waals surface area contributed by atoms with E-state index in [0.717, 1.165) is 43.4 Å². The molecule has 4 rings (SSSR count). The van der Waals surface area contributed by atoms with Crippen LogP contribution < -0.4 is 5.69 Å². The first kappa shape index (κ1) is 18.5. The van der Waals surface area contributed by atoms with Gasteiger partial charge in [-0.25, -0.2) is 4.79 Å². The third-order valence-corrected chi connectivity index (χ3v) is 6.00. The minimum atomic E-state index is -0.132. The number of aryl methyl sites for hydroxylation is 2. The molecule has 146 valence electrons. The van der Waals surface area contributed by atoms with E-state index in [0.29, 0.717) is 5.92 Å². The predicted octanol–water partition coefficient (Wildman–Crippen LogP) is 3.21. The van der Waals surface area contributed by atoms with Crippen LogP contribution in [0.3, 0.4) is 0 Å². The lowest BCUT2D eigenvalue weighted by Crippen LogP contribution is -2.41. The number of nitrogens with zero attached hydrogens (tertiary/aromatic N) is 3. The van der Waals surface area contributed by atoms with Gasteiger partial charge in [0.25, 0.3) is 0 Å². The second-order valence-electron chi connectivity index (χ2n) is 7.76. The lowest BCUT2D eigenvalue weighted by Gasteiger charge is -2.32. The molecule has 0 saturated carbocycles. The summed E-state index contributed by atoms with van der Waals surface area (Å²) in [5.41, 5.74) is 2.93. The van der Waals surface area contributed by atoms with Gasteiger partial charge in [-0.15, -0.1) is 0 Å². The second-order valence-corrected chi connectivity index (χ2v) is 7.76. The van der Waals surface area contributed by atoms with Crippen LogP contribution in [-0.4, -0.2) is 33.0 Å². The van der Waals surface area contributed by atoms with Crippen LogP contribution in [0.15, 0.2) is 59.4 Å². The number of rotatable bonds is 5. The van der Waals surface area contributed by atoms with Crippen molar-refractivity contribution in [1.82, 2.24) is 14.0 Å². The third-order valence-electron chi connectivity index (χ3n) is 6.00.